The number of hydrogen-bond acceptors (Lipinski definition) is 4. The normalized spacial score (nSPS) is 26.8. The minimum atomic E-state index is 0.0920. The standard InChI is InChI=1S/C32H44N4O2/c1-20-7-6-14-35(18-20)32(38)31-30-28(17-26-23(4)29(26)30)36(33-31)19-25(37)11-10-24-12-15-34(16-13-24)27-9-5-8-21(2)22(27)3/h5,8-9,20,23-24,26,29H,6-7,10-19H2,1-4H3/t20-,23+,26-,29+/m0/s1. The van der Waals surface area contributed by atoms with Gasteiger partial charge in [-0.1, -0.05) is 26.0 Å². The van der Waals surface area contributed by atoms with Gasteiger partial charge in [0, 0.05) is 49.5 Å². The Kier molecular flexibility index (Phi) is 6.86. The molecule has 0 spiro atoms. The number of carbonyl (C=O) groups is 2. The second-order valence-corrected chi connectivity index (χ2v) is 12.8. The van der Waals surface area contributed by atoms with Crippen LogP contribution in [-0.2, 0) is 17.8 Å². The lowest BCUT2D eigenvalue weighted by Gasteiger charge is -2.34. The second kappa shape index (κ2) is 10.2. The van der Waals surface area contributed by atoms with Crippen LogP contribution < -0.4 is 4.90 Å². The molecule has 1 saturated carbocycles. The smallest absolute Gasteiger partial charge is 0.274 e. The number of benzene rings is 1. The molecule has 0 N–H and O–H groups in total. The second-order valence-electron chi connectivity index (χ2n) is 12.8. The van der Waals surface area contributed by atoms with Crippen LogP contribution in [0, 0.1) is 37.5 Å². The molecule has 2 aliphatic carbocycles. The molecule has 38 heavy (non-hydrogen) atoms. The van der Waals surface area contributed by atoms with Crippen molar-refractivity contribution < 1.29 is 9.59 Å². The molecule has 0 unspecified atom stereocenters. The van der Waals surface area contributed by atoms with Gasteiger partial charge < -0.3 is 9.80 Å². The lowest BCUT2D eigenvalue weighted by Crippen LogP contribution is -2.39. The summed E-state index contributed by atoms with van der Waals surface area (Å²) in [6.45, 7) is 13.0. The number of piperidine rings is 2. The molecule has 204 valence electrons. The average molecular weight is 517 g/mol. The number of ketones is 1. The molecule has 0 bridgehead atoms. The summed E-state index contributed by atoms with van der Waals surface area (Å²) in [6, 6.07) is 6.58. The summed E-state index contributed by atoms with van der Waals surface area (Å²) in [6.07, 6.45) is 7.10. The molecule has 2 saturated heterocycles. The van der Waals surface area contributed by atoms with Crippen molar-refractivity contribution in [2.75, 3.05) is 31.1 Å². The van der Waals surface area contributed by atoms with E-state index in [1.165, 1.54) is 34.5 Å². The zero-order valence-electron chi connectivity index (χ0n) is 23.7. The highest BCUT2D eigenvalue weighted by atomic mass is 16.2. The van der Waals surface area contributed by atoms with Gasteiger partial charge in [-0.25, -0.2) is 0 Å². The van der Waals surface area contributed by atoms with Gasteiger partial charge in [0.25, 0.3) is 5.91 Å². The van der Waals surface area contributed by atoms with E-state index in [-0.39, 0.29) is 11.7 Å². The first-order valence-electron chi connectivity index (χ1n) is 15.0. The van der Waals surface area contributed by atoms with Crippen LogP contribution in [0.4, 0.5) is 5.69 Å². The first-order valence-corrected chi connectivity index (χ1v) is 15.0. The number of hydrogen-bond donors (Lipinski definition) is 0. The van der Waals surface area contributed by atoms with E-state index in [2.05, 4.69) is 50.8 Å². The molecule has 2 aliphatic heterocycles. The molecule has 1 aromatic carbocycles. The van der Waals surface area contributed by atoms with E-state index in [1.54, 1.807) is 0 Å². The zero-order chi connectivity index (χ0) is 26.6. The fraction of sp³-hybridized carbons (Fsp3) is 0.656. The van der Waals surface area contributed by atoms with Gasteiger partial charge in [-0.15, -0.1) is 0 Å². The van der Waals surface area contributed by atoms with Crippen molar-refractivity contribution in [2.24, 2.45) is 23.7 Å². The fourth-order valence-corrected chi connectivity index (χ4v) is 7.60. The summed E-state index contributed by atoms with van der Waals surface area (Å²) in [4.78, 5) is 31.2. The van der Waals surface area contributed by atoms with Crippen LogP contribution in [-0.4, -0.2) is 52.5 Å². The number of aryl methyl sites for hydroxylation is 1. The molecule has 6 nitrogen and oxygen atoms in total. The van der Waals surface area contributed by atoms with Crippen LogP contribution in [0.1, 0.15) is 91.2 Å². The molecule has 3 fully saturated rings. The summed E-state index contributed by atoms with van der Waals surface area (Å²) in [5, 5.41) is 4.84. The van der Waals surface area contributed by atoms with E-state index in [4.69, 9.17) is 5.10 Å². The average Bonchev–Trinajstić information content (AvgIpc) is 3.22. The molecule has 2 aromatic rings. The van der Waals surface area contributed by atoms with Crippen LogP contribution in [0.15, 0.2) is 18.2 Å². The SMILES string of the molecule is Cc1cccc(N2CCC(CCC(=O)Cn3nc(C(=O)N4CCC[C@H](C)C4)c4c3C[C@H]3[C@@H](C)[C@@H]43)CC2)c1C. The largest absolute Gasteiger partial charge is 0.371 e. The molecular weight excluding hydrogens is 472 g/mol. The quantitative estimate of drug-likeness (QED) is 0.485. The predicted molar refractivity (Wildman–Crippen MR) is 151 cm³/mol. The molecule has 1 amide bonds. The molecule has 4 aliphatic rings. The third kappa shape index (κ3) is 4.69. The van der Waals surface area contributed by atoms with E-state index in [1.807, 2.05) is 9.58 Å². The van der Waals surface area contributed by atoms with Crippen LogP contribution in [0.5, 0.6) is 0 Å². The van der Waals surface area contributed by atoms with Gasteiger partial charge in [-0.05, 0) is 99.2 Å². The van der Waals surface area contributed by atoms with Crippen molar-refractivity contribution in [3.8, 4) is 0 Å². The number of likely N-dealkylation sites (tertiary alicyclic amines) is 1. The number of amides is 1. The van der Waals surface area contributed by atoms with Gasteiger partial charge >= 0.3 is 0 Å². The van der Waals surface area contributed by atoms with Gasteiger partial charge in [0.1, 0.15) is 0 Å². The summed E-state index contributed by atoms with van der Waals surface area (Å²) in [5.74, 6) is 3.24. The van der Waals surface area contributed by atoms with Crippen molar-refractivity contribution in [1.29, 1.82) is 0 Å². The lowest BCUT2D eigenvalue weighted by atomic mass is 9.90. The highest BCUT2D eigenvalue weighted by molar-refractivity contribution is 5.95. The number of fused-ring (bicyclic) bond motifs is 3. The Morgan fingerprint density at radius 3 is 2.61 bits per heavy atom. The van der Waals surface area contributed by atoms with Crippen LogP contribution >= 0.6 is 0 Å². The Morgan fingerprint density at radius 1 is 1.05 bits per heavy atom. The first-order chi connectivity index (χ1) is 18.3. The minimum Gasteiger partial charge on any atom is -0.371 e. The molecule has 1 aromatic heterocycles. The zero-order valence-corrected chi connectivity index (χ0v) is 23.7. The topological polar surface area (TPSA) is 58.4 Å². The molecule has 6 rings (SSSR count). The monoisotopic (exact) mass is 516 g/mol. The lowest BCUT2D eigenvalue weighted by molar-refractivity contribution is -0.120. The van der Waals surface area contributed by atoms with Crippen molar-refractivity contribution in [2.45, 2.75) is 85.1 Å². The van der Waals surface area contributed by atoms with E-state index in [0.717, 1.165) is 58.3 Å². The maximum absolute atomic E-state index is 13.5. The minimum absolute atomic E-state index is 0.0920. The summed E-state index contributed by atoms with van der Waals surface area (Å²) >= 11 is 0. The number of carbonyl (C=O) groups excluding carboxylic acids is 2. The predicted octanol–water partition coefficient (Wildman–Crippen LogP) is 5.54. The maximum Gasteiger partial charge on any atom is 0.274 e. The maximum atomic E-state index is 13.5. The van der Waals surface area contributed by atoms with Gasteiger partial charge in [-0.2, -0.15) is 5.10 Å². The highest BCUT2D eigenvalue weighted by Gasteiger charge is 2.56. The van der Waals surface area contributed by atoms with Crippen molar-refractivity contribution in [3.63, 3.8) is 0 Å². The van der Waals surface area contributed by atoms with Crippen molar-refractivity contribution >= 4 is 17.4 Å². The summed E-state index contributed by atoms with van der Waals surface area (Å²) in [7, 11) is 0. The number of Topliss-reactive ketones (excluding diaryl/α,β-unsaturated/α-hetero) is 1. The molecular formula is C32H44N4O2. The Hall–Kier alpha value is -2.63. The highest BCUT2D eigenvalue weighted by Crippen LogP contribution is 2.62. The Morgan fingerprint density at radius 2 is 1.84 bits per heavy atom. The molecule has 6 heteroatoms. The Labute approximate surface area is 227 Å². The number of nitrogens with zero attached hydrogens (tertiary/aromatic N) is 4. The third-order valence-corrected chi connectivity index (χ3v) is 10.3. The first kappa shape index (κ1) is 25.6. The van der Waals surface area contributed by atoms with Gasteiger partial charge in [-0.3, -0.25) is 14.3 Å². The van der Waals surface area contributed by atoms with E-state index < -0.39 is 0 Å². The van der Waals surface area contributed by atoms with Gasteiger partial charge in [0.2, 0.25) is 0 Å². The molecule has 4 atom stereocenters. The number of anilines is 1. The van der Waals surface area contributed by atoms with Crippen molar-refractivity contribution in [3.05, 3.63) is 46.3 Å². The summed E-state index contributed by atoms with van der Waals surface area (Å²) in [5.41, 5.74) is 7.09. The Bertz CT molecular complexity index is 1220. The third-order valence-electron chi connectivity index (χ3n) is 10.3. The van der Waals surface area contributed by atoms with Crippen LogP contribution in [0.25, 0.3) is 0 Å². The van der Waals surface area contributed by atoms with Gasteiger partial charge in [0.05, 0.1) is 6.54 Å². The fourth-order valence-electron chi connectivity index (χ4n) is 7.60. The number of rotatable bonds is 7. The molecule has 3 heterocycles. The van der Waals surface area contributed by atoms with Gasteiger partial charge in [0.15, 0.2) is 11.5 Å². The summed E-state index contributed by atoms with van der Waals surface area (Å²) < 4.78 is 1.92. The Balaban J connectivity index is 1.07. The number of aromatic nitrogens is 2. The van der Waals surface area contributed by atoms with Crippen LogP contribution in [0.2, 0.25) is 0 Å². The van der Waals surface area contributed by atoms with Crippen molar-refractivity contribution in [1.82, 2.24) is 14.7 Å². The van der Waals surface area contributed by atoms with E-state index in [9.17, 15) is 9.59 Å². The van der Waals surface area contributed by atoms with E-state index in [0.29, 0.717) is 48.2 Å². The molecule has 0 radical (unpaired) electrons. The van der Waals surface area contributed by atoms with Crippen LogP contribution in [0.3, 0.4) is 0 Å². The van der Waals surface area contributed by atoms with E-state index >= 15 is 0 Å².